The lowest BCUT2D eigenvalue weighted by molar-refractivity contribution is 0.425. The van der Waals surface area contributed by atoms with Crippen molar-refractivity contribution in [1.29, 1.82) is 0 Å². The standard InChI is InChI=1S/C14H14FN5OS/c1-2-20-13(16-9-17-20)8-22-7-12-18-14(21-19-12)10-3-5-11(15)6-4-10/h3-6,9H,2,7-8H2,1H3. The Balaban J connectivity index is 1.59. The number of thioether (sulfide) groups is 1. The van der Waals surface area contributed by atoms with E-state index in [4.69, 9.17) is 4.52 Å². The quantitative estimate of drug-likeness (QED) is 0.696. The van der Waals surface area contributed by atoms with Crippen LogP contribution in [-0.2, 0) is 18.1 Å². The van der Waals surface area contributed by atoms with E-state index in [0.717, 1.165) is 18.1 Å². The van der Waals surface area contributed by atoms with Crippen molar-refractivity contribution < 1.29 is 8.91 Å². The molecule has 0 amide bonds. The lowest BCUT2D eigenvalue weighted by Gasteiger charge is -2.00. The molecule has 22 heavy (non-hydrogen) atoms. The monoisotopic (exact) mass is 319 g/mol. The SMILES string of the molecule is CCn1ncnc1CSCc1noc(-c2ccc(F)cc2)n1. The van der Waals surface area contributed by atoms with Crippen molar-refractivity contribution >= 4 is 11.8 Å². The van der Waals surface area contributed by atoms with Crippen LogP contribution in [0.2, 0.25) is 0 Å². The Hall–Kier alpha value is -2.22. The van der Waals surface area contributed by atoms with Gasteiger partial charge in [0.1, 0.15) is 18.0 Å². The number of aryl methyl sites for hydroxylation is 1. The molecule has 0 radical (unpaired) electrons. The largest absolute Gasteiger partial charge is 0.334 e. The van der Waals surface area contributed by atoms with Crippen molar-refractivity contribution in [3.8, 4) is 11.5 Å². The average molecular weight is 319 g/mol. The first-order valence-electron chi connectivity index (χ1n) is 6.79. The second kappa shape index (κ2) is 6.69. The van der Waals surface area contributed by atoms with E-state index in [1.54, 1.807) is 30.2 Å². The van der Waals surface area contributed by atoms with Crippen molar-refractivity contribution in [2.24, 2.45) is 0 Å². The van der Waals surface area contributed by atoms with Crippen molar-refractivity contribution in [3.05, 3.63) is 48.1 Å². The van der Waals surface area contributed by atoms with E-state index in [9.17, 15) is 4.39 Å². The fourth-order valence-corrected chi connectivity index (χ4v) is 2.73. The van der Waals surface area contributed by atoms with Crippen LogP contribution >= 0.6 is 11.8 Å². The van der Waals surface area contributed by atoms with Gasteiger partial charge in [-0.3, -0.25) is 0 Å². The van der Waals surface area contributed by atoms with Crippen LogP contribution in [0.15, 0.2) is 35.1 Å². The highest BCUT2D eigenvalue weighted by Gasteiger charge is 2.10. The Bertz CT molecular complexity index is 740. The second-order valence-electron chi connectivity index (χ2n) is 4.51. The van der Waals surface area contributed by atoms with Gasteiger partial charge in [-0.05, 0) is 31.2 Å². The molecule has 0 unspecified atom stereocenters. The van der Waals surface area contributed by atoms with E-state index in [0.29, 0.717) is 23.0 Å². The fourth-order valence-electron chi connectivity index (χ4n) is 1.92. The Morgan fingerprint density at radius 2 is 2.05 bits per heavy atom. The molecule has 0 spiro atoms. The smallest absolute Gasteiger partial charge is 0.257 e. The molecule has 0 saturated heterocycles. The number of hydrogen-bond donors (Lipinski definition) is 0. The van der Waals surface area contributed by atoms with E-state index in [1.807, 2.05) is 11.6 Å². The van der Waals surface area contributed by atoms with Gasteiger partial charge >= 0.3 is 0 Å². The van der Waals surface area contributed by atoms with Crippen LogP contribution in [0.5, 0.6) is 0 Å². The maximum Gasteiger partial charge on any atom is 0.257 e. The highest BCUT2D eigenvalue weighted by Crippen LogP contribution is 2.20. The number of nitrogens with zero attached hydrogens (tertiary/aromatic N) is 5. The van der Waals surface area contributed by atoms with Gasteiger partial charge in [-0.25, -0.2) is 14.1 Å². The minimum atomic E-state index is -0.293. The first kappa shape index (κ1) is 14.7. The third-order valence-corrected chi connectivity index (χ3v) is 3.94. The zero-order valence-corrected chi connectivity index (χ0v) is 12.8. The minimum Gasteiger partial charge on any atom is -0.334 e. The summed E-state index contributed by atoms with van der Waals surface area (Å²) in [6.07, 6.45) is 1.56. The molecule has 114 valence electrons. The molecule has 3 rings (SSSR count). The van der Waals surface area contributed by atoms with E-state index in [-0.39, 0.29) is 5.82 Å². The van der Waals surface area contributed by atoms with Gasteiger partial charge in [0.05, 0.1) is 11.5 Å². The average Bonchev–Trinajstić information content (AvgIpc) is 3.17. The third kappa shape index (κ3) is 3.33. The van der Waals surface area contributed by atoms with Crippen LogP contribution < -0.4 is 0 Å². The highest BCUT2D eigenvalue weighted by molar-refractivity contribution is 7.97. The van der Waals surface area contributed by atoms with Crippen LogP contribution in [-0.4, -0.2) is 24.9 Å². The number of aromatic nitrogens is 5. The molecule has 0 aliphatic rings. The molecule has 0 bridgehead atoms. The van der Waals surface area contributed by atoms with Crippen LogP contribution in [0.25, 0.3) is 11.5 Å². The summed E-state index contributed by atoms with van der Waals surface area (Å²) in [6.45, 7) is 2.82. The number of halogens is 1. The second-order valence-corrected chi connectivity index (χ2v) is 5.49. The van der Waals surface area contributed by atoms with Gasteiger partial charge in [-0.15, -0.1) is 11.8 Å². The van der Waals surface area contributed by atoms with Crippen LogP contribution in [0.3, 0.4) is 0 Å². The predicted molar refractivity (Wildman–Crippen MR) is 80.4 cm³/mol. The van der Waals surface area contributed by atoms with Gasteiger partial charge < -0.3 is 4.52 Å². The van der Waals surface area contributed by atoms with Gasteiger partial charge in [-0.2, -0.15) is 10.1 Å². The van der Waals surface area contributed by atoms with E-state index in [2.05, 4.69) is 20.2 Å². The molecule has 0 aliphatic carbocycles. The maximum atomic E-state index is 12.9. The van der Waals surface area contributed by atoms with E-state index >= 15 is 0 Å². The van der Waals surface area contributed by atoms with Crippen molar-refractivity contribution in [3.63, 3.8) is 0 Å². The molecule has 1 aromatic carbocycles. The van der Waals surface area contributed by atoms with Crippen molar-refractivity contribution in [1.82, 2.24) is 24.9 Å². The molecule has 6 nitrogen and oxygen atoms in total. The van der Waals surface area contributed by atoms with Crippen molar-refractivity contribution in [2.75, 3.05) is 0 Å². The zero-order valence-electron chi connectivity index (χ0n) is 11.9. The summed E-state index contributed by atoms with van der Waals surface area (Å²) in [6, 6.07) is 5.96. The lowest BCUT2D eigenvalue weighted by atomic mass is 10.2. The highest BCUT2D eigenvalue weighted by atomic mass is 32.2. The summed E-state index contributed by atoms with van der Waals surface area (Å²) in [5.74, 6) is 2.98. The molecule has 0 aliphatic heterocycles. The van der Waals surface area contributed by atoms with Crippen molar-refractivity contribution in [2.45, 2.75) is 25.0 Å². The first-order chi connectivity index (χ1) is 10.8. The Kier molecular flexibility index (Phi) is 4.47. The number of rotatable bonds is 6. The normalized spacial score (nSPS) is 11.0. The lowest BCUT2D eigenvalue weighted by Crippen LogP contribution is -2.02. The van der Waals surface area contributed by atoms with Gasteiger partial charge in [0.15, 0.2) is 5.82 Å². The summed E-state index contributed by atoms with van der Waals surface area (Å²) < 4.78 is 19.9. The Morgan fingerprint density at radius 1 is 1.23 bits per heavy atom. The number of hydrogen-bond acceptors (Lipinski definition) is 6. The minimum absolute atomic E-state index is 0.293. The topological polar surface area (TPSA) is 69.6 Å². The molecule has 0 fully saturated rings. The summed E-state index contributed by atoms with van der Waals surface area (Å²) in [5, 5.41) is 8.06. The molecule has 3 aromatic rings. The molecule has 0 N–H and O–H groups in total. The summed E-state index contributed by atoms with van der Waals surface area (Å²) in [4.78, 5) is 8.52. The van der Waals surface area contributed by atoms with Crippen LogP contribution in [0.1, 0.15) is 18.6 Å². The number of benzene rings is 1. The third-order valence-electron chi connectivity index (χ3n) is 3.02. The van der Waals surface area contributed by atoms with Gasteiger partial charge in [-0.1, -0.05) is 5.16 Å². The molecule has 0 atom stereocenters. The van der Waals surface area contributed by atoms with Gasteiger partial charge in [0, 0.05) is 12.1 Å². The summed E-state index contributed by atoms with van der Waals surface area (Å²) in [5.41, 5.74) is 0.705. The molecule has 2 heterocycles. The summed E-state index contributed by atoms with van der Waals surface area (Å²) in [7, 11) is 0. The first-order valence-corrected chi connectivity index (χ1v) is 7.94. The molecular weight excluding hydrogens is 305 g/mol. The van der Waals surface area contributed by atoms with Gasteiger partial charge in [0.2, 0.25) is 0 Å². The molecule has 2 aromatic heterocycles. The fraction of sp³-hybridized carbons (Fsp3) is 0.286. The molecule has 0 saturated carbocycles. The van der Waals surface area contributed by atoms with Crippen LogP contribution in [0.4, 0.5) is 4.39 Å². The molecular formula is C14H14FN5OS. The summed E-state index contributed by atoms with van der Waals surface area (Å²) >= 11 is 1.64. The Labute approximate surface area is 130 Å². The van der Waals surface area contributed by atoms with E-state index < -0.39 is 0 Å². The molecule has 8 heteroatoms. The maximum absolute atomic E-state index is 12.9. The van der Waals surface area contributed by atoms with Crippen LogP contribution in [0, 0.1) is 5.82 Å². The predicted octanol–water partition coefficient (Wildman–Crippen LogP) is 2.92. The van der Waals surface area contributed by atoms with Gasteiger partial charge in [0.25, 0.3) is 5.89 Å². The van der Waals surface area contributed by atoms with E-state index in [1.165, 1.54) is 12.1 Å². The zero-order chi connectivity index (χ0) is 15.4. The Morgan fingerprint density at radius 3 is 2.82 bits per heavy atom.